The SMILES string of the molecule is O=C1C(=Nc2cccc(C(F)(F)F)c2)c2ccccc2N1c1cccc(OCCCBr)c1. The van der Waals surface area contributed by atoms with Crippen LogP contribution >= 0.6 is 15.9 Å². The van der Waals surface area contributed by atoms with Crippen molar-refractivity contribution in [3.8, 4) is 5.75 Å². The monoisotopic (exact) mass is 502 g/mol. The van der Waals surface area contributed by atoms with Crippen LogP contribution in [-0.4, -0.2) is 23.6 Å². The van der Waals surface area contributed by atoms with Crippen molar-refractivity contribution in [3.05, 3.63) is 83.9 Å². The number of fused-ring (bicyclic) bond motifs is 1. The topological polar surface area (TPSA) is 41.9 Å². The predicted octanol–water partition coefficient (Wildman–Crippen LogP) is 6.67. The standard InChI is InChI=1S/C24H18BrF3N2O2/c25-12-5-13-32-19-9-4-8-18(15-19)30-21-11-2-1-10-20(21)22(23(30)31)29-17-7-3-6-16(14-17)24(26,27)28/h1-4,6-11,14-15H,5,12-13H2. The highest BCUT2D eigenvalue weighted by Crippen LogP contribution is 2.38. The zero-order valence-corrected chi connectivity index (χ0v) is 18.4. The second kappa shape index (κ2) is 9.16. The molecule has 164 valence electrons. The molecule has 1 aliphatic rings. The van der Waals surface area contributed by atoms with E-state index in [0.29, 0.717) is 29.3 Å². The average molecular weight is 503 g/mol. The molecule has 0 spiro atoms. The maximum Gasteiger partial charge on any atom is 0.416 e. The Balaban J connectivity index is 1.72. The second-order valence-electron chi connectivity index (χ2n) is 7.05. The summed E-state index contributed by atoms with van der Waals surface area (Å²) in [5, 5.41) is 0.819. The number of halogens is 4. The summed E-state index contributed by atoms with van der Waals surface area (Å²) >= 11 is 3.36. The number of alkyl halides is 4. The molecule has 0 aliphatic carbocycles. The van der Waals surface area contributed by atoms with Crippen LogP contribution in [0.1, 0.15) is 17.5 Å². The van der Waals surface area contributed by atoms with Gasteiger partial charge in [0.05, 0.1) is 29.2 Å². The summed E-state index contributed by atoms with van der Waals surface area (Å²) in [6.45, 7) is 0.529. The fourth-order valence-corrected chi connectivity index (χ4v) is 3.63. The lowest BCUT2D eigenvalue weighted by molar-refractivity contribution is -0.137. The van der Waals surface area contributed by atoms with Crippen molar-refractivity contribution in [2.24, 2.45) is 4.99 Å². The van der Waals surface area contributed by atoms with E-state index in [2.05, 4.69) is 20.9 Å². The normalized spacial score (nSPS) is 14.7. The van der Waals surface area contributed by atoms with Gasteiger partial charge < -0.3 is 4.74 Å². The number of nitrogens with zero attached hydrogens (tertiary/aromatic N) is 2. The van der Waals surface area contributed by atoms with E-state index in [4.69, 9.17) is 4.74 Å². The van der Waals surface area contributed by atoms with E-state index < -0.39 is 17.6 Å². The summed E-state index contributed by atoms with van der Waals surface area (Å²) in [6.07, 6.45) is -3.65. The summed E-state index contributed by atoms with van der Waals surface area (Å²) in [7, 11) is 0. The molecule has 3 aromatic carbocycles. The minimum absolute atomic E-state index is 0.0617. The van der Waals surface area contributed by atoms with Gasteiger partial charge in [0, 0.05) is 17.0 Å². The summed E-state index contributed by atoms with van der Waals surface area (Å²) in [5.74, 6) is 0.207. The molecule has 0 saturated heterocycles. The van der Waals surface area contributed by atoms with Gasteiger partial charge in [0.25, 0.3) is 5.91 Å². The molecule has 0 aromatic heterocycles. The highest BCUT2D eigenvalue weighted by Gasteiger charge is 2.35. The van der Waals surface area contributed by atoms with Gasteiger partial charge in [-0.3, -0.25) is 9.69 Å². The zero-order valence-electron chi connectivity index (χ0n) is 16.8. The Morgan fingerprint density at radius 1 is 0.969 bits per heavy atom. The van der Waals surface area contributed by atoms with Crippen LogP contribution in [0.25, 0.3) is 0 Å². The number of para-hydroxylation sites is 1. The maximum absolute atomic E-state index is 13.3. The van der Waals surface area contributed by atoms with Crippen LogP contribution in [0.5, 0.6) is 5.75 Å². The number of amides is 1. The molecule has 1 amide bonds. The van der Waals surface area contributed by atoms with E-state index in [0.717, 1.165) is 23.9 Å². The molecular weight excluding hydrogens is 485 g/mol. The summed E-state index contributed by atoms with van der Waals surface area (Å²) in [5.41, 5.74) is 1.09. The number of rotatable bonds is 6. The van der Waals surface area contributed by atoms with E-state index in [1.807, 2.05) is 6.07 Å². The van der Waals surface area contributed by atoms with E-state index in [-0.39, 0.29) is 11.4 Å². The number of ether oxygens (including phenoxy) is 1. The molecule has 0 fully saturated rings. The van der Waals surface area contributed by atoms with Crippen LogP contribution in [0.4, 0.5) is 30.2 Å². The average Bonchev–Trinajstić information content (AvgIpc) is 3.05. The minimum atomic E-state index is -4.49. The molecule has 0 N–H and O–H groups in total. The van der Waals surface area contributed by atoms with Crippen LogP contribution in [0.2, 0.25) is 0 Å². The summed E-state index contributed by atoms with van der Waals surface area (Å²) in [4.78, 5) is 19.1. The molecule has 0 radical (unpaired) electrons. The van der Waals surface area contributed by atoms with E-state index >= 15 is 0 Å². The Labute approximate surface area is 191 Å². The smallest absolute Gasteiger partial charge is 0.416 e. The molecule has 1 heterocycles. The first-order valence-corrected chi connectivity index (χ1v) is 11.0. The molecule has 4 rings (SSSR count). The van der Waals surface area contributed by atoms with Crippen LogP contribution in [0.3, 0.4) is 0 Å². The van der Waals surface area contributed by atoms with E-state index in [1.54, 1.807) is 42.5 Å². The van der Waals surface area contributed by atoms with Crippen molar-refractivity contribution >= 4 is 44.6 Å². The molecule has 0 unspecified atom stereocenters. The van der Waals surface area contributed by atoms with Crippen LogP contribution < -0.4 is 9.64 Å². The first-order chi connectivity index (χ1) is 15.4. The van der Waals surface area contributed by atoms with Gasteiger partial charge in [-0.15, -0.1) is 0 Å². The third kappa shape index (κ3) is 4.55. The van der Waals surface area contributed by atoms with Gasteiger partial charge in [-0.1, -0.05) is 46.3 Å². The molecule has 1 aliphatic heterocycles. The van der Waals surface area contributed by atoms with Crippen LogP contribution in [-0.2, 0) is 11.0 Å². The quantitative estimate of drug-likeness (QED) is 0.279. The van der Waals surface area contributed by atoms with Crippen molar-refractivity contribution in [2.45, 2.75) is 12.6 Å². The van der Waals surface area contributed by atoms with E-state index in [9.17, 15) is 18.0 Å². The lowest BCUT2D eigenvalue weighted by atomic mass is 10.1. The lowest BCUT2D eigenvalue weighted by Crippen LogP contribution is -2.25. The second-order valence-corrected chi connectivity index (χ2v) is 7.85. The Morgan fingerprint density at radius 2 is 1.75 bits per heavy atom. The van der Waals surface area contributed by atoms with Crippen LogP contribution in [0, 0.1) is 0 Å². The van der Waals surface area contributed by atoms with Crippen molar-refractivity contribution in [1.29, 1.82) is 0 Å². The fraction of sp³-hybridized carbons (Fsp3) is 0.167. The van der Waals surface area contributed by atoms with Crippen molar-refractivity contribution in [3.63, 3.8) is 0 Å². The Hall–Kier alpha value is -3.13. The first-order valence-electron chi connectivity index (χ1n) is 9.87. The fourth-order valence-electron chi connectivity index (χ4n) is 3.40. The van der Waals surface area contributed by atoms with Crippen molar-refractivity contribution in [1.82, 2.24) is 0 Å². The number of hydrogen-bond acceptors (Lipinski definition) is 3. The Bertz CT molecular complexity index is 1180. The van der Waals surface area contributed by atoms with Gasteiger partial charge in [0.2, 0.25) is 0 Å². The molecule has 8 heteroatoms. The molecule has 0 saturated carbocycles. The molecule has 0 atom stereocenters. The van der Waals surface area contributed by atoms with Gasteiger partial charge >= 0.3 is 6.18 Å². The number of benzene rings is 3. The van der Waals surface area contributed by atoms with Gasteiger partial charge in [-0.2, -0.15) is 13.2 Å². The van der Waals surface area contributed by atoms with Gasteiger partial charge in [-0.25, -0.2) is 4.99 Å². The molecule has 32 heavy (non-hydrogen) atoms. The number of anilines is 2. The van der Waals surface area contributed by atoms with E-state index in [1.165, 1.54) is 17.0 Å². The predicted molar refractivity (Wildman–Crippen MR) is 122 cm³/mol. The number of carbonyl (C=O) groups is 1. The number of carbonyl (C=O) groups excluding carboxylic acids is 1. The Morgan fingerprint density at radius 3 is 2.53 bits per heavy atom. The largest absolute Gasteiger partial charge is 0.493 e. The van der Waals surface area contributed by atoms with Gasteiger partial charge in [0.15, 0.2) is 0 Å². The zero-order chi connectivity index (χ0) is 22.7. The molecule has 3 aromatic rings. The van der Waals surface area contributed by atoms with Crippen molar-refractivity contribution < 1.29 is 22.7 Å². The first kappa shape index (κ1) is 22.1. The third-order valence-corrected chi connectivity index (χ3v) is 5.40. The van der Waals surface area contributed by atoms with Crippen LogP contribution in [0.15, 0.2) is 77.8 Å². The van der Waals surface area contributed by atoms with Gasteiger partial charge in [0.1, 0.15) is 11.5 Å². The Kier molecular flexibility index (Phi) is 6.32. The lowest BCUT2D eigenvalue weighted by Gasteiger charge is -2.18. The highest BCUT2D eigenvalue weighted by molar-refractivity contribution is 9.09. The maximum atomic E-state index is 13.3. The number of aliphatic imine (C=N–C) groups is 1. The molecular formula is C24H18BrF3N2O2. The number of hydrogen-bond donors (Lipinski definition) is 0. The molecule has 0 bridgehead atoms. The minimum Gasteiger partial charge on any atom is -0.493 e. The van der Waals surface area contributed by atoms with Gasteiger partial charge in [-0.05, 0) is 42.8 Å². The highest BCUT2D eigenvalue weighted by atomic mass is 79.9. The third-order valence-electron chi connectivity index (χ3n) is 4.84. The van der Waals surface area contributed by atoms with Crippen molar-refractivity contribution in [2.75, 3.05) is 16.8 Å². The summed E-state index contributed by atoms with van der Waals surface area (Å²) in [6, 6.07) is 18.8. The summed E-state index contributed by atoms with van der Waals surface area (Å²) < 4.78 is 45.0. The molecule has 4 nitrogen and oxygen atoms in total.